The Bertz CT molecular complexity index is 881. The minimum absolute atomic E-state index is 0.0233. The van der Waals surface area contributed by atoms with Crippen LogP contribution >= 0.6 is 11.6 Å². The number of nitrogens with zero attached hydrogens (tertiary/aromatic N) is 2. The average molecular weight is 389 g/mol. The lowest BCUT2D eigenvalue weighted by Gasteiger charge is -2.06. The van der Waals surface area contributed by atoms with Crippen molar-refractivity contribution in [2.45, 2.75) is 13.3 Å². The molecule has 8 nitrogen and oxygen atoms in total. The summed E-state index contributed by atoms with van der Waals surface area (Å²) in [6, 6.07) is 12.4. The fraction of sp³-hybridized carbons (Fsp3) is 0.167. The summed E-state index contributed by atoms with van der Waals surface area (Å²) in [5.74, 6) is -0.741. The molecule has 2 aromatic carbocycles. The number of nitrogens with one attached hydrogen (secondary N) is 2. The number of hydrazone groups is 1. The van der Waals surface area contributed by atoms with Crippen LogP contribution in [0.15, 0.2) is 53.6 Å². The van der Waals surface area contributed by atoms with E-state index in [9.17, 15) is 19.7 Å². The van der Waals surface area contributed by atoms with Gasteiger partial charge in [0.25, 0.3) is 11.6 Å². The van der Waals surface area contributed by atoms with Gasteiger partial charge >= 0.3 is 0 Å². The Balaban J connectivity index is 1.81. The highest BCUT2D eigenvalue weighted by atomic mass is 35.5. The molecule has 0 unspecified atom stereocenters. The Labute approximate surface area is 160 Å². The lowest BCUT2D eigenvalue weighted by atomic mass is 10.1. The number of non-ortho nitro benzene ring substituents is 1. The van der Waals surface area contributed by atoms with E-state index in [-0.39, 0.29) is 30.5 Å². The second-order valence-electron chi connectivity index (χ2n) is 5.52. The number of hydrogen-bond acceptors (Lipinski definition) is 5. The molecule has 0 heterocycles. The van der Waals surface area contributed by atoms with E-state index < -0.39 is 4.92 Å². The molecule has 0 aliphatic heterocycles. The second-order valence-corrected chi connectivity index (χ2v) is 5.93. The standard InChI is InChI=1S/C18H17ClN4O4/c1-12(13-6-8-14(9-7-13)23(26)27)21-22-17(24)10-11-20-18(25)15-4-2-3-5-16(15)19/h2-9H,10-11H2,1H3,(H,20,25)(H,22,24)/b21-12+. The van der Waals surface area contributed by atoms with Crippen LogP contribution in [0.3, 0.4) is 0 Å². The molecule has 0 fully saturated rings. The quantitative estimate of drug-likeness (QED) is 0.431. The highest BCUT2D eigenvalue weighted by Gasteiger charge is 2.10. The molecule has 0 radical (unpaired) electrons. The summed E-state index contributed by atoms with van der Waals surface area (Å²) in [6.07, 6.45) is 0.0350. The van der Waals surface area contributed by atoms with Gasteiger partial charge in [-0.3, -0.25) is 19.7 Å². The normalized spacial score (nSPS) is 11.0. The number of hydrogen-bond donors (Lipinski definition) is 2. The van der Waals surface area contributed by atoms with Crippen molar-refractivity contribution in [1.29, 1.82) is 0 Å². The molecule has 2 rings (SSSR count). The Morgan fingerprint density at radius 3 is 2.44 bits per heavy atom. The topological polar surface area (TPSA) is 114 Å². The summed E-state index contributed by atoms with van der Waals surface area (Å²) < 4.78 is 0. The third-order valence-electron chi connectivity index (χ3n) is 3.60. The zero-order valence-electron chi connectivity index (χ0n) is 14.4. The first-order valence-electron chi connectivity index (χ1n) is 7.99. The molecule has 9 heteroatoms. The van der Waals surface area contributed by atoms with Crippen LogP contribution in [-0.2, 0) is 4.79 Å². The van der Waals surface area contributed by atoms with E-state index in [4.69, 9.17) is 11.6 Å². The van der Waals surface area contributed by atoms with E-state index in [2.05, 4.69) is 15.8 Å². The predicted octanol–water partition coefficient (Wildman–Crippen LogP) is 2.91. The van der Waals surface area contributed by atoms with Crippen LogP contribution in [0, 0.1) is 10.1 Å². The molecule has 140 valence electrons. The SMILES string of the molecule is C/C(=N\NC(=O)CCNC(=O)c1ccccc1Cl)c1ccc([N+](=O)[O-])cc1. The van der Waals surface area contributed by atoms with Crippen LogP contribution in [0.5, 0.6) is 0 Å². The molecular weight excluding hydrogens is 372 g/mol. The van der Waals surface area contributed by atoms with Gasteiger partial charge in [0.2, 0.25) is 5.91 Å². The summed E-state index contributed by atoms with van der Waals surface area (Å²) in [5, 5.41) is 17.5. The van der Waals surface area contributed by atoms with E-state index in [1.165, 1.54) is 12.1 Å². The number of rotatable bonds is 7. The van der Waals surface area contributed by atoms with E-state index in [0.717, 1.165) is 0 Å². The van der Waals surface area contributed by atoms with Crippen molar-refractivity contribution in [2.75, 3.05) is 6.54 Å². The molecule has 27 heavy (non-hydrogen) atoms. The van der Waals surface area contributed by atoms with Crippen LogP contribution < -0.4 is 10.7 Å². The maximum absolute atomic E-state index is 12.0. The number of halogens is 1. The van der Waals surface area contributed by atoms with Gasteiger partial charge in [0.15, 0.2) is 0 Å². The first kappa shape index (κ1) is 20.1. The van der Waals surface area contributed by atoms with Crippen molar-refractivity contribution in [2.24, 2.45) is 5.10 Å². The maximum Gasteiger partial charge on any atom is 0.269 e. The van der Waals surface area contributed by atoms with Crippen molar-refractivity contribution in [1.82, 2.24) is 10.7 Å². The van der Waals surface area contributed by atoms with Gasteiger partial charge in [-0.05, 0) is 36.8 Å². The van der Waals surface area contributed by atoms with Gasteiger partial charge in [-0.15, -0.1) is 0 Å². The van der Waals surface area contributed by atoms with Gasteiger partial charge in [0.1, 0.15) is 0 Å². The average Bonchev–Trinajstić information content (AvgIpc) is 2.66. The molecular formula is C18H17ClN4O4. The highest BCUT2D eigenvalue weighted by molar-refractivity contribution is 6.33. The number of carbonyl (C=O) groups excluding carboxylic acids is 2. The Hall–Kier alpha value is -3.26. The lowest BCUT2D eigenvalue weighted by molar-refractivity contribution is -0.384. The molecule has 0 aliphatic carbocycles. The van der Waals surface area contributed by atoms with Gasteiger partial charge in [-0.2, -0.15) is 5.10 Å². The van der Waals surface area contributed by atoms with Crippen LogP contribution in [-0.4, -0.2) is 29.0 Å². The molecule has 0 aliphatic rings. The van der Waals surface area contributed by atoms with Crippen LogP contribution in [0.4, 0.5) is 5.69 Å². The molecule has 0 bridgehead atoms. The fourth-order valence-corrected chi connectivity index (χ4v) is 2.34. The first-order chi connectivity index (χ1) is 12.9. The molecule has 0 spiro atoms. The third kappa shape index (κ3) is 5.89. The molecule has 0 atom stereocenters. The fourth-order valence-electron chi connectivity index (χ4n) is 2.12. The molecule has 0 saturated carbocycles. The Morgan fingerprint density at radius 1 is 1.15 bits per heavy atom. The van der Waals surface area contributed by atoms with Crippen LogP contribution in [0.2, 0.25) is 5.02 Å². The zero-order valence-corrected chi connectivity index (χ0v) is 15.2. The van der Waals surface area contributed by atoms with Crippen molar-refractivity contribution in [3.8, 4) is 0 Å². The summed E-state index contributed by atoms with van der Waals surface area (Å²) in [7, 11) is 0. The zero-order chi connectivity index (χ0) is 19.8. The number of amides is 2. The van der Waals surface area contributed by atoms with Crippen molar-refractivity contribution in [3.63, 3.8) is 0 Å². The number of benzene rings is 2. The molecule has 0 aromatic heterocycles. The second kappa shape index (κ2) is 9.44. The van der Waals surface area contributed by atoms with Crippen molar-refractivity contribution >= 4 is 34.8 Å². The highest BCUT2D eigenvalue weighted by Crippen LogP contribution is 2.14. The van der Waals surface area contributed by atoms with E-state index in [1.54, 1.807) is 43.3 Å². The van der Waals surface area contributed by atoms with Gasteiger partial charge in [-0.25, -0.2) is 5.43 Å². The van der Waals surface area contributed by atoms with Gasteiger partial charge < -0.3 is 5.32 Å². The largest absolute Gasteiger partial charge is 0.351 e. The summed E-state index contributed by atoms with van der Waals surface area (Å²) in [6.45, 7) is 1.79. The minimum Gasteiger partial charge on any atom is -0.351 e. The Kier molecular flexibility index (Phi) is 7.01. The summed E-state index contributed by atoms with van der Waals surface area (Å²) in [5.41, 5.74) is 3.84. The van der Waals surface area contributed by atoms with Crippen LogP contribution in [0.1, 0.15) is 29.3 Å². The molecule has 0 saturated heterocycles. The minimum atomic E-state index is -0.491. The van der Waals surface area contributed by atoms with Crippen LogP contribution in [0.25, 0.3) is 0 Å². The Morgan fingerprint density at radius 2 is 1.81 bits per heavy atom. The summed E-state index contributed by atoms with van der Waals surface area (Å²) >= 11 is 5.94. The first-order valence-corrected chi connectivity index (χ1v) is 8.37. The lowest BCUT2D eigenvalue weighted by Crippen LogP contribution is -2.29. The molecule has 2 amide bonds. The maximum atomic E-state index is 12.0. The van der Waals surface area contributed by atoms with E-state index in [0.29, 0.717) is 21.9 Å². The number of nitro groups is 1. The van der Waals surface area contributed by atoms with Crippen molar-refractivity contribution in [3.05, 3.63) is 74.8 Å². The summed E-state index contributed by atoms with van der Waals surface area (Å²) in [4.78, 5) is 33.9. The van der Waals surface area contributed by atoms with E-state index >= 15 is 0 Å². The molecule has 2 aromatic rings. The monoisotopic (exact) mass is 388 g/mol. The number of nitro benzene ring substituents is 1. The number of carbonyl (C=O) groups is 2. The van der Waals surface area contributed by atoms with E-state index in [1.807, 2.05) is 0 Å². The van der Waals surface area contributed by atoms with Gasteiger partial charge in [0, 0.05) is 25.1 Å². The smallest absolute Gasteiger partial charge is 0.269 e. The van der Waals surface area contributed by atoms with Gasteiger partial charge in [0.05, 0.1) is 21.2 Å². The van der Waals surface area contributed by atoms with Crippen molar-refractivity contribution < 1.29 is 14.5 Å². The molecule has 2 N–H and O–H groups in total. The van der Waals surface area contributed by atoms with Gasteiger partial charge in [-0.1, -0.05) is 23.7 Å². The predicted molar refractivity (Wildman–Crippen MR) is 102 cm³/mol. The third-order valence-corrected chi connectivity index (χ3v) is 3.93.